The number of rotatable bonds is 5. The normalized spacial score (nSPS) is 15.5. The molecule has 1 aliphatic heterocycles. The Morgan fingerprint density at radius 3 is 2.64 bits per heavy atom. The molecule has 0 bridgehead atoms. The number of hydrogen-bond donors (Lipinski definition) is 2. The summed E-state index contributed by atoms with van der Waals surface area (Å²) in [6.45, 7) is 6.91. The van der Waals surface area contributed by atoms with Crippen LogP contribution in [-0.4, -0.2) is 42.7 Å². The highest BCUT2D eigenvalue weighted by atomic mass is 15.6. The monoisotopic (exact) mass is 297 g/mol. The van der Waals surface area contributed by atoms with Gasteiger partial charge in [-0.05, 0) is 31.2 Å². The minimum absolute atomic E-state index is 0.878. The third kappa shape index (κ3) is 3.21. The van der Waals surface area contributed by atoms with E-state index in [1.807, 2.05) is 18.3 Å². The second-order valence-electron chi connectivity index (χ2n) is 5.26. The SMILES string of the molecule is CCNc1cccnc1N(c1ccccc1)N1CCNCC1. The first-order valence-electron chi connectivity index (χ1n) is 7.90. The highest BCUT2D eigenvalue weighted by Crippen LogP contribution is 2.31. The number of piperazine rings is 1. The van der Waals surface area contributed by atoms with Gasteiger partial charge in [0.25, 0.3) is 0 Å². The maximum atomic E-state index is 4.65. The van der Waals surface area contributed by atoms with E-state index in [1.54, 1.807) is 0 Å². The summed E-state index contributed by atoms with van der Waals surface area (Å²) in [5, 5.41) is 11.4. The number of nitrogens with zero attached hydrogens (tertiary/aromatic N) is 3. The largest absolute Gasteiger partial charge is 0.382 e. The van der Waals surface area contributed by atoms with Crippen molar-refractivity contribution < 1.29 is 0 Å². The summed E-state index contributed by atoms with van der Waals surface area (Å²) in [5.74, 6) is 0.956. The topological polar surface area (TPSA) is 43.4 Å². The molecule has 2 heterocycles. The van der Waals surface area contributed by atoms with Gasteiger partial charge in [0.2, 0.25) is 0 Å². The second kappa shape index (κ2) is 7.24. The molecule has 0 atom stereocenters. The maximum absolute atomic E-state index is 4.65. The number of aromatic nitrogens is 1. The number of anilines is 3. The van der Waals surface area contributed by atoms with Gasteiger partial charge in [0.05, 0.1) is 11.4 Å². The molecule has 1 aliphatic rings. The summed E-state index contributed by atoms with van der Waals surface area (Å²) < 4.78 is 0. The number of hydrazine groups is 1. The van der Waals surface area contributed by atoms with Crippen molar-refractivity contribution >= 4 is 17.2 Å². The van der Waals surface area contributed by atoms with Gasteiger partial charge in [-0.2, -0.15) is 0 Å². The third-order valence-corrected chi connectivity index (χ3v) is 3.73. The number of para-hydroxylation sites is 1. The van der Waals surface area contributed by atoms with Crippen molar-refractivity contribution in [2.24, 2.45) is 0 Å². The van der Waals surface area contributed by atoms with Crippen LogP contribution in [0.1, 0.15) is 6.92 Å². The molecule has 1 aromatic carbocycles. The number of pyridine rings is 1. The number of benzene rings is 1. The standard InChI is InChI=1S/C17H23N5/c1-2-19-16-9-6-10-20-17(16)22(15-7-4-3-5-8-15)21-13-11-18-12-14-21/h3-10,18-19H,2,11-14H2,1H3. The molecular formula is C17H23N5. The molecule has 3 rings (SSSR count). The Labute approximate surface area is 131 Å². The van der Waals surface area contributed by atoms with Crippen LogP contribution in [0.3, 0.4) is 0 Å². The van der Waals surface area contributed by atoms with Gasteiger partial charge in [0.15, 0.2) is 5.82 Å². The van der Waals surface area contributed by atoms with Gasteiger partial charge >= 0.3 is 0 Å². The van der Waals surface area contributed by atoms with E-state index in [4.69, 9.17) is 0 Å². The summed E-state index contributed by atoms with van der Waals surface area (Å²) in [6, 6.07) is 14.5. The van der Waals surface area contributed by atoms with Crippen molar-refractivity contribution in [1.29, 1.82) is 0 Å². The van der Waals surface area contributed by atoms with Crippen molar-refractivity contribution in [3.8, 4) is 0 Å². The molecule has 0 amide bonds. The average Bonchev–Trinajstić information content (AvgIpc) is 2.59. The highest BCUT2D eigenvalue weighted by molar-refractivity contribution is 5.72. The molecular weight excluding hydrogens is 274 g/mol. The van der Waals surface area contributed by atoms with Crippen LogP contribution in [0.5, 0.6) is 0 Å². The molecule has 0 saturated carbocycles. The fraction of sp³-hybridized carbons (Fsp3) is 0.353. The number of hydrogen-bond acceptors (Lipinski definition) is 5. The molecule has 0 aliphatic carbocycles. The summed E-state index contributed by atoms with van der Waals surface area (Å²) in [6.07, 6.45) is 1.86. The van der Waals surface area contributed by atoms with Crippen molar-refractivity contribution in [3.05, 3.63) is 48.7 Å². The van der Waals surface area contributed by atoms with Crippen LogP contribution in [-0.2, 0) is 0 Å². The molecule has 0 radical (unpaired) electrons. The van der Waals surface area contributed by atoms with Gasteiger partial charge in [-0.15, -0.1) is 0 Å². The Morgan fingerprint density at radius 2 is 1.91 bits per heavy atom. The molecule has 0 unspecified atom stereocenters. The Hall–Kier alpha value is -2.11. The zero-order valence-electron chi connectivity index (χ0n) is 13.0. The fourth-order valence-corrected chi connectivity index (χ4v) is 2.74. The zero-order chi connectivity index (χ0) is 15.2. The van der Waals surface area contributed by atoms with Gasteiger partial charge in [-0.3, -0.25) is 5.01 Å². The predicted octanol–water partition coefficient (Wildman–Crippen LogP) is 2.47. The predicted molar refractivity (Wildman–Crippen MR) is 91.4 cm³/mol. The van der Waals surface area contributed by atoms with Gasteiger partial charge in [0.1, 0.15) is 0 Å². The van der Waals surface area contributed by atoms with E-state index < -0.39 is 0 Å². The lowest BCUT2D eigenvalue weighted by Gasteiger charge is -2.39. The Morgan fingerprint density at radius 1 is 1.14 bits per heavy atom. The number of nitrogens with one attached hydrogen (secondary N) is 2. The summed E-state index contributed by atoms with van der Waals surface area (Å²) in [7, 11) is 0. The lowest BCUT2D eigenvalue weighted by atomic mass is 10.2. The van der Waals surface area contributed by atoms with Crippen LogP contribution in [0.4, 0.5) is 17.2 Å². The summed E-state index contributed by atoms with van der Waals surface area (Å²) in [4.78, 5) is 4.65. The van der Waals surface area contributed by atoms with E-state index in [-0.39, 0.29) is 0 Å². The molecule has 2 aromatic rings. The van der Waals surface area contributed by atoms with Crippen LogP contribution in [0.25, 0.3) is 0 Å². The van der Waals surface area contributed by atoms with Gasteiger partial charge < -0.3 is 10.6 Å². The molecule has 1 aromatic heterocycles. The summed E-state index contributed by atoms with van der Waals surface area (Å²) in [5.41, 5.74) is 2.20. The Kier molecular flexibility index (Phi) is 4.88. The van der Waals surface area contributed by atoms with Crippen LogP contribution in [0, 0.1) is 0 Å². The van der Waals surface area contributed by atoms with E-state index >= 15 is 0 Å². The molecule has 0 spiro atoms. The molecule has 1 saturated heterocycles. The van der Waals surface area contributed by atoms with Gasteiger partial charge in [-0.1, -0.05) is 18.2 Å². The van der Waals surface area contributed by atoms with Crippen LogP contribution >= 0.6 is 0 Å². The van der Waals surface area contributed by atoms with Crippen LogP contribution < -0.4 is 15.6 Å². The van der Waals surface area contributed by atoms with Crippen molar-refractivity contribution in [3.63, 3.8) is 0 Å². The fourth-order valence-electron chi connectivity index (χ4n) is 2.74. The zero-order valence-corrected chi connectivity index (χ0v) is 13.0. The minimum atomic E-state index is 0.878. The van der Waals surface area contributed by atoms with E-state index in [1.165, 1.54) is 0 Å². The second-order valence-corrected chi connectivity index (χ2v) is 5.26. The van der Waals surface area contributed by atoms with E-state index in [9.17, 15) is 0 Å². The van der Waals surface area contributed by atoms with Crippen LogP contribution in [0.15, 0.2) is 48.7 Å². The van der Waals surface area contributed by atoms with E-state index in [2.05, 4.69) is 62.9 Å². The Balaban J connectivity index is 2.01. The molecule has 2 N–H and O–H groups in total. The average molecular weight is 297 g/mol. The lowest BCUT2D eigenvalue weighted by Crippen LogP contribution is -2.51. The van der Waals surface area contributed by atoms with Crippen molar-refractivity contribution in [2.75, 3.05) is 43.0 Å². The quantitative estimate of drug-likeness (QED) is 0.887. The van der Waals surface area contributed by atoms with Crippen molar-refractivity contribution in [1.82, 2.24) is 15.3 Å². The van der Waals surface area contributed by atoms with E-state index in [0.717, 1.165) is 49.9 Å². The smallest absolute Gasteiger partial charge is 0.171 e. The first-order chi connectivity index (χ1) is 10.9. The third-order valence-electron chi connectivity index (χ3n) is 3.73. The first-order valence-corrected chi connectivity index (χ1v) is 7.90. The molecule has 22 heavy (non-hydrogen) atoms. The molecule has 5 heteroatoms. The Bertz CT molecular complexity index is 581. The molecule has 116 valence electrons. The lowest BCUT2D eigenvalue weighted by molar-refractivity contribution is 0.242. The summed E-state index contributed by atoms with van der Waals surface area (Å²) >= 11 is 0. The highest BCUT2D eigenvalue weighted by Gasteiger charge is 2.23. The van der Waals surface area contributed by atoms with Crippen molar-refractivity contribution in [2.45, 2.75) is 6.92 Å². The molecule has 1 fully saturated rings. The van der Waals surface area contributed by atoms with Gasteiger partial charge in [-0.25, -0.2) is 9.99 Å². The van der Waals surface area contributed by atoms with Crippen LogP contribution in [0.2, 0.25) is 0 Å². The van der Waals surface area contributed by atoms with E-state index in [0.29, 0.717) is 0 Å². The maximum Gasteiger partial charge on any atom is 0.171 e. The van der Waals surface area contributed by atoms with Gasteiger partial charge in [0, 0.05) is 38.9 Å². The molecule has 5 nitrogen and oxygen atoms in total. The first kappa shape index (κ1) is 14.8. The minimum Gasteiger partial charge on any atom is -0.382 e.